The van der Waals surface area contributed by atoms with E-state index in [0.29, 0.717) is 13.0 Å². The standard InChI is InChI=1S/C9H10FN3/c10-7-1-2-9-12-5-8(3-4-11)13(9)6-7/h1-2,5-6H,3-4,11H2. The highest BCUT2D eigenvalue weighted by Crippen LogP contribution is 2.08. The lowest BCUT2D eigenvalue weighted by Crippen LogP contribution is -2.05. The average molecular weight is 179 g/mol. The molecule has 0 saturated carbocycles. The van der Waals surface area contributed by atoms with Gasteiger partial charge in [-0.15, -0.1) is 0 Å². The van der Waals surface area contributed by atoms with Crippen LogP contribution in [0.15, 0.2) is 24.5 Å². The summed E-state index contributed by atoms with van der Waals surface area (Å²) in [4.78, 5) is 4.12. The molecule has 2 N–H and O–H groups in total. The summed E-state index contributed by atoms with van der Waals surface area (Å²) in [7, 11) is 0. The van der Waals surface area contributed by atoms with Crippen molar-refractivity contribution >= 4 is 5.65 Å². The van der Waals surface area contributed by atoms with E-state index in [-0.39, 0.29) is 5.82 Å². The third kappa shape index (κ3) is 1.40. The molecule has 2 rings (SSSR count). The summed E-state index contributed by atoms with van der Waals surface area (Å²) in [5.41, 5.74) is 7.11. The smallest absolute Gasteiger partial charge is 0.139 e. The van der Waals surface area contributed by atoms with Crippen molar-refractivity contribution in [3.05, 3.63) is 36.0 Å². The van der Waals surface area contributed by atoms with Gasteiger partial charge in [0, 0.05) is 24.5 Å². The van der Waals surface area contributed by atoms with Crippen LogP contribution in [-0.4, -0.2) is 15.9 Å². The highest BCUT2D eigenvalue weighted by atomic mass is 19.1. The average Bonchev–Trinajstić information content (AvgIpc) is 2.49. The molecule has 0 aliphatic rings. The van der Waals surface area contributed by atoms with Gasteiger partial charge in [-0.05, 0) is 18.7 Å². The second kappa shape index (κ2) is 3.14. The summed E-state index contributed by atoms with van der Waals surface area (Å²) in [6.45, 7) is 0.546. The SMILES string of the molecule is NCCc1cnc2ccc(F)cn12. The van der Waals surface area contributed by atoms with E-state index < -0.39 is 0 Å². The lowest BCUT2D eigenvalue weighted by molar-refractivity contribution is 0.617. The lowest BCUT2D eigenvalue weighted by atomic mass is 10.3. The van der Waals surface area contributed by atoms with Gasteiger partial charge in [-0.1, -0.05) is 0 Å². The Balaban J connectivity index is 2.58. The zero-order valence-corrected chi connectivity index (χ0v) is 7.07. The van der Waals surface area contributed by atoms with Crippen LogP contribution in [0.5, 0.6) is 0 Å². The van der Waals surface area contributed by atoms with Gasteiger partial charge in [0.05, 0.1) is 0 Å². The van der Waals surface area contributed by atoms with Crippen molar-refractivity contribution in [2.45, 2.75) is 6.42 Å². The largest absolute Gasteiger partial charge is 0.330 e. The second-order valence-electron chi connectivity index (χ2n) is 2.86. The summed E-state index contributed by atoms with van der Waals surface area (Å²) in [6, 6.07) is 3.05. The molecule has 68 valence electrons. The number of halogens is 1. The van der Waals surface area contributed by atoms with Crippen LogP contribution in [0.4, 0.5) is 4.39 Å². The van der Waals surface area contributed by atoms with Gasteiger partial charge in [0.2, 0.25) is 0 Å². The Kier molecular flexibility index (Phi) is 1.98. The van der Waals surface area contributed by atoms with Crippen molar-refractivity contribution in [1.82, 2.24) is 9.38 Å². The summed E-state index contributed by atoms with van der Waals surface area (Å²) in [6.07, 6.45) is 3.86. The van der Waals surface area contributed by atoms with Gasteiger partial charge in [-0.25, -0.2) is 9.37 Å². The first kappa shape index (κ1) is 8.19. The Bertz CT molecular complexity index is 422. The molecular weight excluding hydrogens is 169 g/mol. The highest BCUT2D eigenvalue weighted by molar-refractivity contribution is 5.40. The number of fused-ring (bicyclic) bond motifs is 1. The van der Waals surface area contributed by atoms with Gasteiger partial charge in [0.15, 0.2) is 0 Å². The molecule has 2 aromatic rings. The Morgan fingerprint density at radius 2 is 2.31 bits per heavy atom. The minimum atomic E-state index is -0.260. The van der Waals surface area contributed by atoms with Crippen molar-refractivity contribution in [3.63, 3.8) is 0 Å². The molecule has 13 heavy (non-hydrogen) atoms. The molecule has 0 bridgehead atoms. The molecule has 2 aromatic heterocycles. The number of aromatic nitrogens is 2. The predicted octanol–water partition coefficient (Wildman–Crippen LogP) is 0.975. The maximum atomic E-state index is 12.9. The maximum absolute atomic E-state index is 12.9. The Hall–Kier alpha value is -1.42. The number of hydrogen-bond donors (Lipinski definition) is 1. The second-order valence-corrected chi connectivity index (χ2v) is 2.86. The fourth-order valence-electron chi connectivity index (χ4n) is 1.34. The van der Waals surface area contributed by atoms with E-state index in [1.54, 1.807) is 16.7 Å². The third-order valence-corrected chi connectivity index (χ3v) is 1.95. The predicted molar refractivity (Wildman–Crippen MR) is 47.9 cm³/mol. The summed E-state index contributed by atoms with van der Waals surface area (Å²) >= 11 is 0. The van der Waals surface area contributed by atoms with Crippen LogP contribution in [0.1, 0.15) is 5.69 Å². The molecule has 3 nitrogen and oxygen atoms in total. The van der Waals surface area contributed by atoms with Gasteiger partial charge in [0.25, 0.3) is 0 Å². The normalized spacial score (nSPS) is 10.9. The number of pyridine rings is 1. The van der Waals surface area contributed by atoms with Crippen LogP contribution in [0.2, 0.25) is 0 Å². The topological polar surface area (TPSA) is 43.3 Å². The minimum absolute atomic E-state index is 0.260. The minimum Gasteiger partial charge on any atom is -0.330 e. The monoisotopic (exact) mass is 179 g/mol. The summed E-state index contributed by atoms with van der Waals surface area (Å²) < 4.78 is 14.6. The highest BCUT2D eigenvalue weighted by Gasteiger charge is 2.02. The number of imidazole rings is 1. The van der Waals surface area contributed by atoms with Crippen molar-refractivity contribution in [2.24, 2.45) is 5.73 Å². The van der Waals surface area contributed by atoms with Crippen molar-refractivity contribution in [3.8, 4) is 0 Å². The number of nitrogens with two attached hydrogens (primary N) is 1. The molecule has 0 radical (unpaired) electrons. The first-order valence-corrected chi connectivity index (χ1v) is 4.13. The third-order valence-electron chi connectivity index (χ3n) is 1.95. The van der Waals surface area contributed by atoms with E-state index in [1.807, 2.05) is 0 Å². The fraction of sp³-hybridized carbons (Fsp3) is 0.222. The number of rotatable bonds is 2. The van der Waals surface area contributed by atoms with Crippen molar-refractivity contribution < 1.29 is 4.39 Å². The van der Waals surface area contributed by atoms with Gasteiger partial charge in [-0.2, -0.15) is 0 Å². The fourth-order valence-corrected chi connectivity index (χ4v) is 1.34. The van der Waals surface area contributed by atoms with Crippen LogP contribution in [0.25, 0.3) is 5.65 Å². The molecule has 2 heterocycles. The summed E-state index contributed by atoms with van der Waals surface area (Å²) in [5.74, 6) is -0.260. The molecule has 0 aliphatic carbocycles. The van der Waals surface area contributed by atoms with Crippen LogP contribution < -0.4 is 5.73 Å². The molecule has 0 unspecified atom stereocenters. The molecule has 0 aromatic carbocycles. The maximum Gasteiger partial charge on any atom is 0.139 e. The quantitative estimate of drug-likeness (QED) is 0.746. The van der Waals surface area contributed by atoms with E-state index >= 15 is 0 Å². The van der Waals surface area contributed by atoms with Crippen molar-refractivity contribution in [1.29, 1.82) is 0 Å². The Labute approximate surface area is 75.0 Å². The molecule has 0 saturated heterocycles. The Morgan fingerprint density at radius 3 is 3.08 bits per heavy atom. The summed E-state index contributed by atoms with van der Waals surface area (Å²) in [5, 5.41) is 0. The van der Waals surface area contributed by atoms with E-state index in [4.69, 9.17) is 5.73 Å². The first-order valence-electron chi connectivity index (χ1n) is 4.13. The molecule has 0 fully saturated rings. The molecule has 0 aliphatic heterocycles. The van der Waals surface area contributed by atoms with E-state index in [9.17, 15) is 4.39 Å². The van der Waals surface area contributed by atoms with Crippen LogP contribution in [0.3, 0.4) is 0 Å². The first-order chi connectivity index (χ1) is 6.31. The molecular formula is C9H10FN3. The Morgan fingerprint density at radius 1 is 1.46 bits per heavy atom. The van der Waals surface area contributed by atoms with E-state index in [0.717, 1.165) is 11.3 Å². The molecule has 4 heteroatoms. The zero-order chi connectivity index (χ0) is 9.26. The molecule has 0 atom stereocenters. The van der Waals surface area contributed by atoms with Crippen molar-refractivity contribution in [2.75, 3.05) is 6.54 Å². The van der Waals surface area contributed by atoms with E-state index in [1.165, 1.54) is 12.3 Å². The van der Waals surface area contributed by atoms with Gasteiger partial charge < -0.3 is 10.1 Å². The van der Waals surface area contributed by atoms with Crippen LogP contribution in [-0.2, 0) is 6.42 Å². The van der Waals surface area contributed by atoms with Crippen LogP contribution in [0, 0.1) is 5.82 Å². The molecule has 0 spiro atoms. The number of hydrogen-bond acceptors (Lipinski definition) is 2. The van der Waals surface area contributed by atoms with Crippen LogP contribution >= 0.6 is 0 Å². The molecule has 0 amide bonds. The zero-order valence-electron chi connectivity index (χ0n) is 7.07. The van der Waals surface area contributed by atoms with E-state index in [2.05, 4.69) is 4.98 Å². The van der Waals surface area contributed by atoms with Gasteiger partial charge in [0.1, 0.15) is 11.5 Å². The van der Waals surface area contributed by atoms with Gasteiger partial charge in [-0.3, -0.25) is 0 Å². The lowest BCUT2D eigenvalue weighted by Gasteiger charge is -1.98. The van der Waals surface area contributed by atoms with Gasteiger partial charge >= 0.3 is 0 Å². The number of nitrogens with zero attached hydrogens (tertiary/aromatic N) is 2.